The van der Waals surface area contributed by atoms with Crippen molar-refractivity contribution < 1.29 is 22.7 Å². The molecule has 0 spiro atoms. The van der Waals surface area contributed by atoms with Crippen molar-refractivity contribution in [2.45, 2.75) is 208 Å². The van der Waals surface area contributed by atoms with Gasteiger partial charge in [-0.2, -0.15) is 11.8 Å². The number of carbonyl (C=O) groups is 1. The molecule has 9 aliphatic heterocycles. The summed E-state index contributed by atoms with van der Waals surface area (Å²) < 4.78 is 32.1. The molecule has 10 fully saturated rings. The number of hydrogen-bond donors (Lipinski definition) is 1. The third-order valence-electron chi connectivity index (χ3n) is 18.1. The van der Waals surface area contributed by atoms with Crippen molar-refractivity contribution >= 4 is 27.7 Å². The summed E-state index contributed by atoms with van der Waals surface area (Å²) in [6.07, 6.45) is 17.2. The molecule has 17 heteroatoms. The maximum atomic E-state index is 11.1. The number of piperidine rings is 2. The SMILES string of the molecule is CC(C)CN1CC2CCC1C2.CC(C)CN1CCCC1.CC(C)CN1CCCCC1.CC(C)CN1CCCCCC1.CC(C)CN1CCNCC1.CC(C)CN1CCOC1=O.CC(C)CN1CCOCC1.CC(C)CN1CCS(=O)(=O)CC1.CC(C)CN1CCSCC1. The molecule has 2 atom stereocenters. The molecule has 10 rings (SSSR count). The lowest BCUT2D eigenvalue weighted by atomic mass is 10.1. The third-order valence-corrected chi connectivity index (χ3v) is 20.7. The molecular weight excluding hydrogens is 1200 g/mol. The van der Waals surface area contributed by atoms with E-state index in [9.17, 15) is 13.2 Å². The number of ether oxygens (including phenoxy) is 2. The van der Waals surface area contributed by atoms with Gasteiger partial charge < -0.3 is 49.1 Å². The van der Waals surface area contributed by atoms with Crippen LogP contribution in [0.25, 0.3) is 0 Å². The summed E-state index contributed by atoms with van der Waals surface area (Å²) in [4.78, 5) is 32.8. The summed E-state index contributed by atoms with van der Waals surface area (Å²) in [5.74, 6) is 11.4. The Labute approximate surface area is 583 Å². The molecule has 1 N–H and O–H groups in total. The highest BCUT2D eigenvalue weighted by Crippen LogP contribution is 2.37. The normalized spacial score (nSPS) is 23.7. The van der Waals surface area contributed by atoms with Crippen LogP contribution < -0.4 is 5.32 Å². The van der Waals surface area contributed by atoms with E-state index in [0.29, 0.717) is 29.9 Å². The van der Waals surface area contributed by atoms with Gasteiger partial charge in [0.2, 0.25) is 0 Å². The van der Waals surface area contributed by atoms with Crippen LogP contribution >= 0.6 is 11.8 Å². The molecule has 9 saturated heterocycles. The quantitative estimate of drug-likeness (QED) is 0.140. The second-order valence-electron chi connectivity index (χ2n) is 32.8. The number of sulfone groups is 1. The summed E-state index contributed by atoms with van der Waals surface area (Å²) in [6.45, 7) is 75.3. The molecule has 15 nitrogen and oxygen atoms in total. The Bertz CT molecular complexity index is 1730. The average Bonchev–Trinajstić information content (AvgIpc) is 2.03. The van der Waals surface area contributed by atoms with E-state index < -0.39 is 9.84 Å². The maximum Gasteiger partial charge on any atom is 0.409 e. The van der Waals surface area contributed by atoms with E-state index >= 15 is 0 Å². The number of amides is 1. The first-order valence-electron chi connectivity index (χ1n) is 39.0. The fraction of sp³-hybridized carbons (Fsp3) is 0.987. The smallest absolute Gasteiger partial charge is 0.409 e. The molecule has 0 aromatic carbocycles. The first kappa shape index (κ1) is 88.3. The van der Waals surface area contributed by atoms with Crippen LogP contribution in [0.4, 0.5) is 4.79 Å². The molecule has 1 amide bonds. The summed E-state index contributed by atoms with van der Waals surface area (Å²) in [5, 5.41) is 3.35. The number of nitrogens with zero attached hydrogens (tertiary/aromatic N) is 9. The molecule has 554 valence electrons. The van der Waals surface area contributed by atoms with Gasteiger partial charge in [-0.05, 0) is 156 Å². The number of likely N-dealkylation sites (tertiary alicyclic amines) is 4. The number of carbonyl (C=O) groups excluding carboxylic acids is 1. The first-order chi connectivity index (χ1) is 44.2. The predicted molar refractivity (Wildman–Crippen MR) is 405 cm³/mol. The van der Waals surface area contributed by atoms with Gasteiger partial charge in [0.15, 0.2) is 9.84 Å². The second-order valence-corrected chi connectivity index (χ2v) is 36.3. The van der Waals surface area contributed by atoms with Crippen LogP contribution in [0.15, 0.2) is 0 Å². The van der Waals surface area contributed by atoms with Crippen molar-refractivity contribution in [3.8, 4) is 0 Å². The van der Waals surface area contributed by atoms with E-state index in [-0.39, 0.29) is 6.09 Å². The molecular formula is C76H158N10O5S2. The lowest BCUT2D eigenvalue weighted by Crippen LogP contribution is -2.44. The van der Waals surface area contributed by atoms with Crippen LogP contribution in [0.5, 0.6) is 0 Å². The topological polar surface area (TPSA) is 111 Å². The standard InChI is InChI=1S/C10H19N.C10H21N.C9H19N.C8H18N2.C8H17NO2S.C8H17NO.C8H17NS.C8H17N.C7H13NO2/c1-8(2)6-11-7-9-3-4-10(11)5-9;1-10(2)9-11-7-5-3-4-6-8-11;1-9(2)8-10-6-4-3-5-7-10;1-8(2)7-10-5-3-9-4-6-10;1-8(2)7-9-3-5-12(10,11)6-4-9;2*1-8(2)7-9-3-5-10-6-4-9;1-8(2)7-9-5-3-4-6-9;1-6(2)5-8-3-4-10-7(8)9/h8-10H,3-7H2,1-2H3;10H,3-9H2,1-2H3;9H,3-8H2,1-2H3;8-9H,3-7H2,1-2H3;8H,3-7H2,1-2H3;2*8H,3-7H2,1-2H3;8H,3-7H2,1-2H3;6H,3-5H2,1-2H3. The summed E-state index contributed by atoms with van der Waals surface area (Å²) in [5.41, 5.74) is 0. The van der Waals surface area contributed by atoms with Crippen LogP contribution in [0.1, 0.15) is 202 Å². The van der Waals surface area contributed by atoms with E-state index in [1.165, 1.54) is 219 Å². The van der Waals surface area contributed by atoms with Crippen LogP contribution in [0, 0.1) is 59.2 Å². The first-order valence-corrected chi connectivity index (χ1v) is 41.9. The second kappa shape index (κ2) is 53.1. The molecule has 2 unspecified atom stereocenters. The number of thioether (sulfide) groups is 1. The number of morpholine rings is 1. The Hall–Kier alpha value is -0.830. The highest BCUT2D eigenvalue weighted by molar-refractivity contribution is 7.99. The lowest BCUT2D eigenvalue weighted by molar-refractivity contribution is 0.0329. The van der Waals surface area contributed by atoms with Crippen LogP contribution in [-0.4, -0.2) is 284 Å². The molecule has 0 aromatic rings. The molecule has 1 aliphatic carbocycles. The van der Waals surface area contributed by atoms with Gasteiger partial charge in [0.05, 0.1) is 31.3 Å². The zero-order chi connectivity index (χ0) is 69.0. The van der Waals surface area contributed by atoms with E-state index in [1.54, 1.807) is 4.90 Å². The highest BCUT2D eigenvalue weighted by Gasteiger charge is 2.37. The number of piperazine rings is 1. The van der Waals surface area contributed by atoms with Crippen molar-refractivity contribution in [1.82, 2.24) is 49.4 Å². The fourth-order valence-corrected chi connectivity index (χ4v) is 16.4. The largest absolute Gasteiger partial charge is 0.448 e. The van der Waals surface area contributed by atoms with Crippen molar-refractivity contribution in [1.29, 1.82) is 0 Å². The summed E-state index contributed by atoms with van der Waals surface area (Å²) >= 11 is 2.08. The number of cyclic esters (lactones) is 1. The van der Waals surface area contributed by atoms with Gasteiger partial charge >= 0.3 is 6.09 Å². The van der Waals surface area contributed by atoms with Crippen molar-refractivity contribution in [2.24, 2.45) is 59.2 Å². The summed E-state index contributed by atoms with van der Waals surface area (Å²) in [7, 11) is -2.69. The monoisotopic (exact) mass is 1360 g/mol. The minimum absolute atomic E-state index is 0.159. The van der Waals surface area contributed by atoms with Gasteiger partial charge in [-0.25, -0.2) is 13.2 Å². The van der Waals surface area contributed by atoms with E-state index in [2.05, 4.69) is 181 Å². The van der Waals surface area contributed by atoms with Crippen LogP contribution in [0.2, 0.25) is 0 Å². The van der Waals surface area contributed by atoms with E-state index in [4.69, 9.17) is 9.47 Å². The van der Waals surface area contributed by atoms with Gasteiger partial charge in [0.1, 0.15) is 6.61 Å². The Kier molecular flexibility index (Phi) is 50.4. The predicted octanol–water partition coefficient (Wildman–Crippen LogP) is 13.2. The summed E-state index contributed by atoms with van der Waals surface area (Å²) in [6, 6.07) is 0.974. The third kappa shape index (κ3) is 48.6. The van der Waals surface area contributed by atoms with Gasteiger partial charge in [0, 0.05) is 148 Å². The van der Waals surface area contributed by atoms with Crippen LogP contribution in [-0.2, 0) is 19.3 Å². The Morgan fingerprint density at radius 3 is 1.09 bits per heavy atom. The van der Waals surface area contributed by atoms with Gasteiger partial charge in [-0.15, -0.1) is 0 Å². The fourth-order valence-electron chi connectivity index (χ4n) is 14.2. The average molecular weight is 1360 g/mol. The van der Waals surface area contributed by atoms with Crippen molar-refractivity contribution in [2.75, 3.05) is 220 Å². The number of nitrogens with one attached hydrogen (secondary N) is 1. The molecule has 10 aliphatic rings. The number of fused-ring (bicyclic) bond motifs is 2. The van der Waals surface area contributed by atoms with Gasteiger partial charge in [0.25, 0.3) is 0 Å². The van der Waals surface area contributed by atoms with Crippen LogP contribution in [0.3, 0.4) is 0 Å². The molecule has 9 heterocycles. The van der Waals surface area contributed by atoms with Crippen molar-refractivity contribution in [3.05, 3.63) is 0 Å². The molecule has 0 radical (unpaired) electrons. The van der Waals surface area contributed by atoms with E-state index in [1.807, 2.05) is 0 Å². The Morgan fingerprint density at radius 2 is 0.742 bits per heavy atom. The zero-order valence-corrected chi connectivity index (χ0v) is 66.4. The molecule has 0 aromatic heterocycles. The zero-order valence-electron chi connectivity index (χ0n) is 64.8. The Morgan fingerprint density at radius 1 is 0.398 bits per heavy atom. The minimum atomic E-state index is -2.69. The minimum Gasteiger partial charge on any atom is -0.448 e. The molecule has 1 saturated carbocycles. The van der Waals surface area contributed by atoms with Gasteiger partial charge in [-0.3, -0.25) is 9.80 Å². The number of hydrogen-bond acceptors (Lipinski definition) is 15. The Balaban J connectivity index is 0.000000357. The van der Waals surface area contributed by atoms with E-state index in [0.717, 1.165) is 112 Å². The molecule has 2 bridgehead atoms. The highest BCUT2D eigenvalue weighted by atomic mass is 32.2. The van der Waals surface area contributed by atoms with Crippen molar-refractivity contribution in [3.63, 3.8) is 0 Å². The number of rotatable bonds is 18. The van der Waals surface area contributed by atoms with Gasteiger partial charge in [-0.1, -0.05) is 144 Å². The maximum absolute atomic E-state index is 11.1. The molecule has 93 heavy (non-hydrogen) atoms. The lowest BCUT2D eigenvalue weighted by Gasteiger charge is -2.28.